The number of hydrogen-bond acceptors (Lipinski definition) is 6. The van der Waals surface area contributed by atoms with Crippen molar-refractivity contribution >= 4 is 5.69 Å². The number of nitro benzene ring substituents is 1. The molecule has 0 spiro atoms. The van der Waals surface area contributed by atoms with Crippen LogP contribution in [0.1, 0.15) is 19.4 Å². The maximum atomic E-state index is 10.7. The zero-order valence-electron chi connectivity index (χ0n) is 11.6. The average Bonchev–Trinajstić information content (AvgIpc) is 2.45. The number of aliphatic hydroxyl groups excluding tert-OH is 1. The lowest BCUT2D eigenvalue weighted by atomic mass is 10.2. The van der Waals surface area contributed by atoms with Crippen LogP contribution in [0, 0.1) is 10.1 Å². The van der Waals surface area contributed by atoms with Gasteiger partial charge in [0.15, 0.2) is 6.29 Å². The topological polar surface area (TPSA) is 91.1 Å². The Hall–Kier alpha value is -1.70. The molecule has 0 unspecified atom stereocenters. The van der Waals surface area contributed by atoms with E-state index in [0.29, 0.717) is 24.5 Å². The maximum absolute atomic E-state index is 10.7. The Morgan fingerprint density at radius 3 is 2.45 bits per heavy atom. The van der Waals surface area contributed by atoms with Gasteiger partial charge in [0.2, 0.25) is 0 Å². The van der Waals surface area contributed by atoms with Crippen molar-refractivity contribution < 1.29 is 24.2 Å². The second kappa shape index (κ2) is 8.47. The highest BCUT2D eigenvalue weighted by Crippen LogP contribution is 2.24. The SMILES string of the molecule is CCOC(COc1ccc([N+](=O)[O-])cc1CO)OCC. The maximum Gasteiger partial charge on any atom is 0.270 e. The van der Waals surface area contributed by atoms with Crippen LogP contribution in [0.5, 0.6) is 5.75 Å². The molecule has 112 valence electrons. The van der Waals surface area contributed by atoms with E-state index in [1.165, 1.54) is 18.2 Å². The Morgan fingerprint density at radius 2 is 1.95 bits per heavy atom. The van der Waals surface area contributed by atoms with Gasteiger partial charge in [-0.3, -0.25) is 10.1 Å². The summed E-state index contributed by atoms with van der Waals surface area (Å²) in [5, 5.41) is 19.9. The van der Waals surface area contributed by atoms with E-state index in [4.69, 9.17) is 14.2 Å². The fraction of sp³-hybridized carbons (Fsp3) is 0.538. The first-order valence-corrected chi connectivity index (χ1v) is 6.36. The predicted molar refractivity (Wildman–Crippen MR) is 71.6 cm³/mol. The van der Waals surface area contributed by atoms with Gasteiger partial charge in [0.25, 0.3) is 5.69 Å². The van der Waals surface area contributed by atoms with E-state index in [1.54, 1.807) is 0 Å². The van der Waals surface area contributed by atoms with E-state index >= 15 is 0 Å². The van der Waals surface area contributed by atoms with Crippen molar-refractivity contribution in [3.63, 3.8) is 0 Å². The van der Waals surface area contributed by atoms with Gasteiger partial charge in [-0.25, -0.2) is 0 Å². The molecule has 1 rings (SSSR count). The van der Waals surface area contributed by atoms with Crippen LogP contribution in [0.15, 0.2) is 18.2 Å². The van der Waals surface area contributed by atoms with Gasteiger partial charge in [-0.05, 0) is 19.9 Å². The van der Waals surface area contributed by atoms with Crippen molar-refractivity contribution in [2.24, 2.45) is 0 Å². The lowest BCUT2D eigenvalue weighted by Gasteiger charge is -2.18. The molecule has 0 aliphatic rings. The molecule has 7 nitrogen and oxygen atoms in total. The monoisotopic (exact) mass is 285 g/mol. The van der Waals surface area contributed by atoms with Crippen LogP contribution in [-0.4, -0.2) is 36.1 Å². The van der Waals surface area contributed by atoms with Crippen molar-refractivity contribution in [3.8, 4) is 5.75 Å². The molecule has 0 atom stereocenters. The van der Waals surface area contributed by atoms with Crippen molar-refractivity contribution in [1.29, 1.82) is 0 Å². The van der Waals surface area contributed by atoms with E-state index in [2.05, 4.69) is 0 Å². The number of non-ortho nitro benzene ring substituents is 1. The average molecular weight is 285 g/mol. The summed E-state index contributed by atoms with van der Waals surface area (Å²) in [5.74, 6) is 0.377. The summed E-state index contributed by atoms with van der Waals surface area (Å²) in [6, 6.07) is 4.06. The molecule has 0 radical (unpaired) electrons. The minimum atomic E-state index is -0.522. The summed E-state index contributed by atoms with van der Waals surface area (Å²) >= 11 is 0. The van der Waals surface area contributed by atoms with E-state index in [0.717, 1.165) is 0 Å². The van der Waals surface area contributed by atoms with Crippen molar-refractivity contribution in [2.75, 3.05) is 19.8 Å². The molecule has 1 aromatic rings. The minimum absolute atomic E-state index is 0.0902. The molecule has 1 aromatic carbocycles. The Balaban J connectivity index is 2.73. The first-order valence-electron chi connectivity index (χ1n) is 6.36. The van der Waals surface area contributed by atoms with E-state index < -0.39 is 11.2 Å². The molecule has 20 heavy (non-hydrogen) atoms. The normalized spacial score (nSPS) is 10.8. The van der Waals surface area contributed by atoms with Crippen molar-refractivity contribution in [1.82, 2.24) is 0 Å². The number of ether oxygens (including phenoxy) is 3. The van der Waals surface area contributed by atoms with Gasteiger partial charge in [-0.15, -0.1) is 0 Å². The molecule has 0 aromatic heterocycles. The first kappa shape index (κ1) is 16.4. The first-order chi connectivity index (χ1) is 9.62. The Morgan fingerprint density at radius 1 is 1.30 bits per heavy atom. The van der Waals surface area contributed by atoms with Gasteiger partial charge in [0.05, 0.1) is 11.5 Å². The van der Waals surface area contributed by atoms with Crippen LogP contribution in [0.25, 0.3) is 0 Å². The molecule has 0 saturated carbocycles. The summed E-state index contributed by atoms with van der Waals surface area (Å²) < 4.78 is 16.1. The lowest BCUT2D eigenvalue weighted by Crippen LogP contribution is -2.25. The van der Waals surface area contributed by atoms with Crippen LogP contribution in [0.4, 0.5) is 5.69 Å². The number of aliphatic hydroxyl groups is 1. The number of hydrogen-bond donors (Lipinski definition) is 1. The Kier molecular flexibility index (Phi) is 6.92. The number of nitro groups is 1. The number of rotatable bonds is 9. The molecular weight excluding hydrogens is 266 g/mol. The third-order valence-electron chi connectivity index (χ3n) is 2.51. The highest BCUT2D eigenvalue weighted by molar-refractivity contribution is 5.43. The Labute approximate surface area is 117 Å². The van der Waals surface area contributed by atoms with Gasteiger partial charge in [-0.2, -0.15) is 0 Å². The van der Waals surface area contributed by atoms with E-state index in [1.807, 2.05) is 13.8 Å². The standard InChI is InChI=1S/C13H19NO6/c1-3-18-13(19-4-2)9-20-12-6-5-11(14(16)17)7-10(12)8-15/h5-7,13,15H,3-4,8-9H2,1-2H3. The van der Waals surface area contributed by atoms with Gasteiger partial charge in [0, 0.05) is 30.9 Å². The molecule has 7 heteroatoms. The number of benzene rings is 1. The summed E-state index contributed by atoms with van der Waals surface area (Å²) in [6.07, 6.45) is -0.508. The zero-order valence-corrected chi connectivity index (χ0v) is 11.6. The zero-order chi connectivity index (χ0) is 15.0. The quantitative estimate of drug-likeness (QED) is 0.423. The minimum Gasteiger partial charge on any atom is -0.488 e. The molecule has 0 saturated heterocycles. The largest absolute Gasteiger partial charge is 0.488 e. The summed E-state index contributed by atoms with van der Waals surface area (Å²) in [4.78, 5) is 10.1. The summed E-state index contributed by atoms with van der Waals surface area (Å²) in [7, 11) is 0. The molecular formula is C13H19NO6. The summed E-state index contributed by atoms with van der Waals surface area (Å²) in [5.41, 5.74) is 0.263. The van der Waals surface area contributed by atoms with Crippen molar-refractivity contribution in [3.05, 3.63) is 33.9 Å². The predicted octanol–water partition coefficient (Wildman–Crippen LogP) is 1.86. The molecule has 0 heterocycles. The van der Waals surface area contributed by atoms with Crippen LogP contribution < -0.4 is 4.74 Å². The molecule has 0 amide bonds. The highest BCUT2D eigenvalue weighted by Gasteiger charge is 2.14. The Bertz CT molecular complexity index is 431. The lowest BCUT2D eigenvalue weighted by molar-refractivity contribution is -0.385. The van der Waals surface area contributed by atoms with Crippen LogP contribution in [0.2, 0.25) is 0 Å². The molecule has 1 N–H and O–H groups in total. The molecule has 0 fully saturated rings. The third kappa shape index (κ3) is 4.76. The van der Waals surface area contributed by atoms with E-state index in [9.17, 15) is 15.2 Å². The van der Waals surface area contributed by atoms with Crippen molar-refractivity contribution in [2.45, 2.75) is 26.7 Å². The summed E-state index contributed by atoms with van der Waals surface area (Å²) in [6.45, 7) is 4.47. The van der Waals surface area contributed by atoms with Gasteiger partial charge in [-0.1, -0.05) is 0 Å². The fourth-order valence-electron chi connectivity index (χ4n) is 1.62. The van der Waals surface area contributed by atoms with Gasteiger partial charge >= 0.3 is 0 Å². The molecule has 0 aliphatic carbocycles. The number of nitrogens with zero attached hydrogens (tertiary/aromatic N) is 1. The molecule has 0 aliphatic heterocycles. The second-order valence-electron chi connectivity index (χ2n) is 3.86. The van der Waals surface area contributed by atoms with Gasteiger partial charge in [0.1, 0.15) is 12.4 Å². The fourth-order valence-corrected chi connectivity index (χ4v) is 1.62. The highest BCUT2D eigenvalue weighted by atomic mass is 16.7. The van der Waals surface area contributed by atoms with Crippen LogP contribution in [0.3, 0.4) is 0 Å². The third-order valence-corrected chi connectivity index (χ3v) is 2.51. The smallest absolute Gasteiger partial charge is 0.270 e. The second-order valence-corrected chi connectivity index (χ2v) is 3.86. The van der Waals surface area contributed by atoms with Crippen LogP contribution in [-0.2, 0) is 16.1 Å². The van der Waals surface area contributed by atoms with Crippen LogP contribution >= 0.6 is 0 Å². The van der Waals surface area contributed by atoms with Gasteiger partial charge < -0.3 is 19.3 Å². The molecule has 0 bridgehead atoms. The van der Waals surface area contributed by atoms with E-state index in [-0.39, 0.29) is 18.9 Å².